The van der Waals surface area contributed by atoms with E-state index in [0.29, 0.717) is 5.92 Å². The van der Waals surface area contributed by atoms with Gasteiger partial charge in [0, 0.05) is 0 Å². The second-order valence-corrected chi connectivity index (χ2v) is 4.41. The first-order valence-electron chi connectivity index (χ1n) is 5.30. The molecule has 14 heavy (non-hydrogen) atoms. The van der Waals surface area contributed by atoms with E-state index in [1.807, 2.05) is 26.0 Å². The number of hydrogen-bond acceptors (Lipinski definition) is 1. The van der Waals surface area contributed by atoms with Gasteiger partial charge in [0.2, 0.25) is 0 Å². The van der Waals surface area contributed by atoms with Gasteiger partial charge in [0.25, 0.3) is 0 Å². The lowest BCUT2D eigenvalue weighted by atomic mass is 9.90. The van der Waals surface area contributed by atoms with Crippen molar-refractivity contribution in [3.05, 3.63) is 35.4 Å². The molecular formula is C13H20O. The van der Waals surface area contributed by atoms with Crippen LogP contribution in [0.3, 0.4) is 0 Å². The van der Waals surface area contributed by atoms with Crippen LogP contribution in [-0.2, 0) is 5.60 Å². The van der Waals surface area contributed by atoms with Gasteiger partial charge < -0.3 is 5.11 Å². The second-order valence-electron chi connectivity index (χ2n) is 4.41. The Morgan fingerprint density at radius 2 is 2.00 bits per heavy atom. The van der Waals surface area contributed by atoms with Gasteiger partial charge in [0.1, 0.15) is 0 Å². The molecule has 0 spiro atoms. The van der Waals surface area contributed by atoms with Crippen LogP contribution in [0.5, 0.6) is 0 Å². The summed E-state index contributed by atoms with van der Waals surface area (Å²) >= 11 is 0. The van der Waals surface area contributed by atoms with Crippen LogP contribution < -0.4 is 0 Å². The number of benzene rings is 1. The molecule has 0 bridgehead atoms. The van der Waals surface area contributed by atoms with Crippen LogP contribution in [0.4, 0.5) is 0 Å². The average Bonchev–Trinajstić information content (AvgIpc) is 2.18. The van der Waals surface area contributed by atoms with E-state index in [4.69, 9.17) is 0 Å². The van der Waals surface area contributed by atoms with Crippen LogP contribution in [0, 0.1) is 0 Å². The van der Waals surface area contributed by atoms with Crippen LogP contribution in [-0.4, -0.2) is 5.11 Å². The predicted octanol–water partition coefficient (Wildman–Crippen LogP) is 3.43. The molecule has 1 heteroatoms. The molecule has 1 atom stereocenters. The molecule has 0 saturated heterocycles. The zero-order valence-corrected chi connectivity index (χ0v) is 9.54. The zero-order valence-electron chi connectivity index (χ0n) is 9.54. The minimum atomic E-state index is -0.690. The van der Waals surface area contributed by atoms with Crippen molar-refractivity contribution in [1.29, 1.82) is 0 Å². The minimum Gasteiger partial charge on any atom is -0.385 e. The molecule has 0 amide bonds. The summed E-state index contributed by atoms with van der Waals surface area (Å²) in [6.07, 6.45) is 0.745. The van der Waals surface area contributed by atoms with Gasteiger partial charge in [-0.2, -0.15) is 0 Å². The lowest BCUT2D eigenvalue weighted by molar-refractivity contribution is 0.0530. The smallest absolute Gasteiger partial charge is 0.0866 e. The highest BCUT2D eigenvalue weighted by Crippen LogP contribution is 2.26. The summed E-state index contributed by atoms with van der Waals surface area (Å²) in [7, 11) is 0. The van der Waals surface area contributed by atoms with Crippen LogP contribution >= 0.6 is 0 Å². The second kappa shape index (κ2) is 4.14. The van der Waals surface area contributed by atoms with Gasteiger partial charge in [-0.15, -0.1) is 0 Å². The molecule has 0 aromatic heterocycles. The molecule has 0 heterocycles. The van der Waals surface area contributed by atoms with Gasteiger partial charge in [-0.05, 0) is 30.4 Å². The summed E-state index contributed by atoms with van der Waals surface area (Å²) in [5, 5.41) is 10.1. The maximum atomic E-state index is 10.1. The first-order valence-corrected chi connectivity index (χ1v) is 5.30. The highest BCUT2D eigenvalue weighted by Gasteiger charge is 2.20. The van der Waals surface area contributed by atoms with Crippen molar-refractivity contribution >= 4 is 0 Å². The van der Waals surface area contributed by atoms with Gasteiger partial charge in [-0.1, -0.05) is 45.0 Å². The van der Waals surface area contributed by atoms with Crippen LogP contribution in [0.25, 0.3) is 0 Å². The van der Waals surface area contributed by atoms with Gasteiger partial charge in [0.15, 0.2) is 0 Å². The summed E-state index contributed by atoms with van der Waals surface area (Å²) in [6.45, 7) is 8.20. The summed E-state index contributed by atoms with van der Waals surface area (Å²) in [5.41, 5.74) is 1.62. The summed E-state index contributed by atoms with van der Waals surface area (Å²) < 4.78 is 0. The molecular weight excluding hydrogens is 172 g/mol. The molecule has 0 aliphatic heterocycles. The first kappa shape index (κ1) is 11.3. The molecule has 0 aliphatic carbocycles. The maximum absolute atomic E-state index is 10.1. The Morgan fingerprint density at radius 1 is 1.36 bits per heavy atom. The highest BCUT2D eigenvalue weighted by atomic mass is 16.3. The largest absolute Gasteiger partial charge is 0.385 e. The minimum absolute atomic E-state index is 0.516. The van der Waals surface area contributed by atoms with E-state index in [1.54, 1.807) is 0 Å². The quantitative estimate of drug-likeness (QED) is 0.778. The Morgan fingerprint density at radius 3 is 2.50 bits per heavy atom. The van der Waals surface area contributed by atoms with Gasteiger partial charge in [-0.25, -0.2) is 0 Å². The maximum Gasteiger partial charge on any atom is 0.0866 e. The van der Waals surface area contributed by atoms with E-state index in [1.165, 1.54) is 5.56 Å². The Hall–Kier alpha value is -0.820. The monoisotopic (exact) mass is 192 g/mol. The van der Waals surface area contributed by atoms with E-state index < -0.39 is 5.60 Å². The van der Waals surface area contributed by atoms with Crippen LogP contribution in [0.2, 0.25) is 0 Å². The third kappa shape index (κ3) is 2.36. The third-order valence-electron chi connectivity index (χ3n) is 2.86. The molecule has 0 fully saturated rings. The van der Waals surface area contributed by atoms with E-state index in [-0.39, 0.29) is 0 Å². The standard InChI is InChI=1S/C13H20O/c1-5-13(4,14)12-8-6-7-11(9-12)10(2)3/h6-10,14H,5H2,1-4H3/t13-/m0/s1. The van der Waals surface area contributed by atoms with Gasteiger partial charge >= 0.3 is 0 Å². The van der Waals surface area contributed by atoms with Crippen molar-refractivity contribution < 1.29 is 5.11 Å². The number of rotatable bonds is 3. The molecule has 0 aliphatic rings. The molecule has 1 aromatic rings. The van der Waals surface area contributed by atoms with E-state index in [2.05, 4.69) is 26.0 Å². The summed E-state index contributed by atoms with van der Waals surface area (Å²) in [5.74, 6) is 0.516. The predicted molar refractivity (Wildman–Crippen MR) is 60.4 cm³/mol. The Kier molecular flexibility index (Phi) is 3.33. The summed E-state index contributed by atoms with van der Waals surface area (Å²) in [4.78, 5) is 0. The number of aliphatic hydroxyl groups is 1. The van der Waals surface area contributed by atoms with E-state index >= 15 is 0 Å². The van der Waals surface area contributed by atoms with Crippen molar-refractivity contribution in [2.45, 2.75) is 45.6 Å². The number of hydrogen-bond donors (Lipinski definition) is 1. The average molecular weight is 192 g/mol. The Balaban J connectivity index is 3.05. The fourth-order valence-corrected chi connectivity index (χ4v) is 1.44. The Bertz CT molecular complexity index is 300. The molecule has 0 unspecified atom stereocenters. The van der Waals surface area contributed by atoms with E-state index in [0.717, 1.165) is 12.0 Å². The fourth-order valence-electron chi connectivity index (χ4n) is 1.44. The lowest BCUT2D eigenvalue weighted by Crippen LogP contribution is -2.19. The molecule has 0 radical (unpaired) electrons. The highest BCUT2D eigenvalue weighted by molar-refractivity contribution is 5.29. The molecule has 78 valence electrons. The van der Waals surface area contributed by atoms with Crippen molar-refractivity contribution in [1.82, 2.24) is 0 Å². The van der Waals surface area contributed by atoms with Crippen molar-refractivity contribution in [2.24, 2.45) is 0 Å². The van der Waals surface area contributed by atoms with Crippen molar-refractivity contribution in [2.75, 3.05) is 0 Å². The van der Waals surface area contributed by atoms with Crippen molar-refractivity contribution in [3.63, 3.8) is 0 Å². The van der Waals surface area contributed by atoms with Gasteiger partial charge in [0.05, 0.1) is 5.60 Å². The van der Waals surface area contributed by atoms with Crippen molar-refractivity contribution in [3.8, 4) is 0 Å². The normalized spacial score (nSPS) is 15.6. The molecule has 1 rings (SSSR count). The first-order chi connectivity index (χ1) is 6.47. The third-order valence-corrected chi connectivity index (χ3v) is 2.86. The fraction of sp³-hybridized carbons (Fsp3) is 0.538. The van der Waals surface area contributed by atoms with Gasteiger partial charge in [-0.3, -0.25) is 0 Å². The van der Waals surface area contributed by atoms with E-state index in [9.17, 15) is 5.11 Å². The topological polar surface area (TPSA) is 20.2 Å². The lowest BCUT2D eigenvalue weighted by Gasteiger charge is -2.23. The SMILES string of the molecule is CC[C@](C)(O)c1cccc(C(C)C)c1. The van der Waals surface area contributed by atoms with Crippen LogP contribution in [0.15, 0.2) is 24.3 Å². The molecule has 1 aromatic carbocycles. The molecule has 0 saturated carbocycles. The molecule has 1 nitrogen and oxygen atoms in total. The van der Waals surface area contributed by atoms with Crippen LogP contribution in [0.1, 0.15) is 51.2 Å². The Labute approximate surface area is 86.8 Å². The summed E-state index contributed by atoms with van der Waals surface area (Å²) in [6, 6.07) is 8.23. The molecule has 1 N–H and O–H groups in total. The zero-order chi connectivity index (χ0) is 10.8.